The van der Waals surface area contributed by atoms with Crippen LogP contribution in [0, 0.1) is 5.82 Å². The molecule has 49 heavy (non-hydrogen) atoms. The second-order valence-electron chi connectivity index (χ2n) is 10.9. The number of aliphatic carboxylic acids is 1. The SMILES string of the molecule is COC(=O)CSc1cc(N=c2sc(=O)n3n2CCCC3)c(F)cc1Cl.CSc1nnc(C(C)(C)C)c(=O)n1N.O=C(O)CNCP(=O)(O)O. The van der Waals surface area contributed by atoms with Crippen molar-refractivity contribution in [3.8, 4) is 0 Å². The Kier molecular flexibility index (Phi) is 16.2. The van der Waals surface area contributed by atoms with Gasteiger partial charge in [0.05, 0.1) is 30.7 Å². The van der Waals surface area contributed by atoms with Crippen LogP contribution in [0.1, 0.15) is 39.3 Å². The molecule has 0 atom stereocenters. The number of esters is 1. The first-order valence-corrected chi connectivity index (χ1v) is 19.3. The number of hydrogen-bond donors (Lipinski definition) is 5. The predicted octanol–water partition coefficient (Wildman–Crippen LogP) is 1.96. The quantitative estimate of drug-likeness (QED) is 0.0901. The van der Waals surface area contributed by atoms with Gasteiger partial charge < -0.3 is 25.5 Å². The van der Waals surface area contributed by atoms with E-state index in [2.05, 4.69) is 25.2 Å². The summed E-state index contributed by atoms with van der Waals surface area (Å²) in [5.74, 6) is 3.50. The van der Waals surface area contributed by atoms with Gasteiger partial charge >= 0.3 is 24.4 Å². The van der Waals surface area contributed by atoms with Gasteiger partial charge in [0.15, 0.2) is 0 Å². The molecule has 0 radical (unpaired) electrons. The van der Waals surface area contributed by atoms with Gasteiger partial charge in [-0.2, -0.15) is 4.68 Å². The number of nitrogens with two attached hydrogens (primary N) is 1. The van der Waals surface area contributed by atoms with E-state index in [0.717, 1.165) is 46.7 Å². The summed E-state index contributed by atoms with van der Waals surface area (Å²) in [5.41, 5.74) is -0.142. The minimum absolute atomic E-state index is 0.0605. The Bertz CT molecular complexity index is 1870. The third-order valence-electron chi connectivity index (χ3n) is 6.03. The van der Waals surface area contributed by atoms with Crippen molar-refractivity contribution in [2.75, 3.05) is 37.8 Å². The Balaban J connectivity index is 0.000000293. The number of hydrogen-bond acceptors (Lipinski definition) is 14. The molecule has 3 aromatic rings. The molecule has 2 aromatic heterocycles. The predicted molar refractivity (Wildman–Crippen MR) is 185 cm³/mol. The zero-order valence-corrected chi connectivity index (χ0v) is 31.2. The summed E-state index contributed by atoms with van der Waals surface area (Å²) >= 11 is 9.46. The number of ether oxygens (including phenoxy) is 1. The number of benzene rings is 1. The second kappa shape index (κ2) is 18.8. The van der Waals surface area contributed by atoms with E-state index in [-0.39, 0.29) is 32.3 Å². The highest BCUT2D eigenvalue weighted by Crippen LogP contribution is 2.33. The maximum Gasteiger partial charge on any atom is 0.339 e. The first-order valence-electron chi connectivity index (χ1n) is 14.1. The van der Waals surface area contributed by atoms with Gasteiger partial charge in [0.25, 0.3) is 5.56 Å². The molecule has 272 valence electrons. The third-order valence-corrected chi connectivity index (χ3v) is 9.63. The standard InChI is InChI=1S/C15H15ClFN3O3S2.C8H14N4OS.C3H8NO5P/c1-23-13(21)8-24-12-7-11(10(17)6-9(12)16)18-14-19-4-2-3-5-20(19)15(22)25-14;1-8(2,3)5-6(13)12(9)7(14-4)11-10-5;5-3(6)1-4-2-10(7,8)9/h6-7H,2-5,8H2,1H3;9H2,1-4H3;4H,1-2H2,(H,5,6)(H2,7,8,9). The van der Waals surface area contributed by atoms with Crippen LogP contribution >= 0.6 is 54.1 Å². The van der Waals surface area contributed by atoms with Gasteiger partial charge in [0.2, 0.25) is 9.96 Å². The molecule has 3 heterocycles. The highest BCUT2D eigenvalue weighted by atomic mass is 35.5. The van der Waals surface area contributed by atoms with Crippen molar-refractivity contribution in [1.82, 2.24) is 29.6 Å². The Morgan fingerprint density at radius 1 is 1.20 bits per heavy atom. The van der Waals surface area contributed by atoms with E-state index in [9.17, 15) is 28.1 Å². The lowest BCUT2D eigenvalue weighted by atomic mass is 9.93. The topological polar surface area (TPSA) is 246 Å². The zero-order chi connectivity index (χ0) is 37.1. The van der Waals surface area contributed by atoms with Crippen LogP contribution < -0.4 is 26.4 Å². The molecule has 0 unspecified atom stereocenters. The van der Waals surface area contributed by atoms with Crippen molar-refractivity contribution in [1.29, 1.82) is 0 Å². The molecule has 1 aromatic carbocycles. The van der Waals surface area contributed by atoms with Crippen LogP contribution in [0.15, 0.2) is 36.8 Å². The molecular weight excluding hydrogens is 750 g/mol. The molecule has 0 aliphatic carbocycles. The van der Waals surface area contributed by atoms with Crippen LogP contribution in [0.4, 0.5) is 10.1 Å². The lowest BCUT2D eigenvalue weighted by molar-refractivity contribution is -0.137. The number of carbonyl (C=O) groups excluding carboxylic acids is 1. The van der Waals surface area contributed by atoms with Crippen molar-refractivity contribution in [3.05, 3.63) is 53.5 Å². The molecule has 23 heteroatoms. The summed E-state index contributed by atoms with van der Waals surface area (Å²) in [7, 11) is -2.80. The smallest absolute Gasteiger partial charge is 0.339 e. The van der Waals surface area contributed by atoms with E-state index in [1.54, 1.807) is 15.6 Å². The molecule has 0 spiro atoms. The Morgan fingerprint density at radius 2 is 1.84 bits per heavy atom. The van der Waals surface area contributed by atoms with Gasteiger partial charge in [-0.05, 0) is 42.6 Å². The fourth-order valence-corrected chi connectivity index (χ4v) is 6.53. The van der Waals surface area contributed by atoms with E-state index in [1.165, 1.54) is 24.9 Å². The number of nitrogens with zero attached hydrogens (tertiary/aromatic N) is 6. The number of nitrogen functional groups attached to an aromatic ring is 1. The average Bonchev–Trinajstić information content (AvgIpc) is 3.33. The van der Waals surface area contributed by atoms with Gasteiger partial charge in [-0.25, -0.2) is 14.1 Å². The lowest BCUT2D eigenvalue weighted by Crippen LogP contribution is -2.37. The van der Waals surface area contributed by atoms with Crippen molar-refractivity contribution < 1.29 is 38.2 Å². The van der Waals surface area contributed by atoms with Crippen LogP contribution in [-0.2, 0) is 37.4 Å². The molecule has 17 nitrogen and oxygen atoms in total. The highest BCUT2D eigenvalue weighted by Gasteiger charge is 2.22. The fraction of sp³-hybridized carbons (Fsp3) is 0.500. The van der Waals surface area contributed by atoms with Crippen LogP contribution in [0.3, 0.4) is 0 Å². The third kappa shape index (κ3) is 13.3. The maximum absolute atomic E-state index is 14.3. The summed E-state index contributed by atoms with van der Waals surface area (Å²) in [4.78, 5) is 66.4. The number of nitrogens with one attached hydrogen (secondary N) is 1. The number of thioether (sulfide) groups is 2. The molecule has 1 aliphatic heterocycles. The number of methoxy groups -OCH3 is 1. The number of halogens is 2. The van der Waals surface area contributed by atoms with E-state index in [4.69, 9.17) is 32.3 Å². The average molecular weight is 787 g/mol. The molecule has 0 saturated heterocycles. The van der Waals surface area contributed by atoms with Crippen molar-refractivity contribution >= 4 is 71.7 Å². The molecule has 0 amide bonds. The monoisotopic (exact) mass is 786 g/mol. The molecule has 0 bridgehead atoms. The molecule has 0 saturated carbocycles. The van der Waals surface area contributed by atoms with E-state index >= 15 is 0 Å². The number of carboxylic acid groups (broad SMARTS) is 1. The highest BCUT2D eigenvalue weighted by molar-refractivity contribution is 8.00. The van der Waals surface area contributed by atoms with Gasteiger partial charge in [0.1, 0.15) is 17.2 Å². The van der Waals surface area contributed by atoms with Gasteiger partial charge in [-0.3, -0.25) is 33.7 Å². The van der Waals surface area contributed by atoms with Crippen molar-refractivity contribution in [2.24, 2.45) is 4.99 Å². The van der Waals surface area contributed by atoms with Crippen molar-refractivity contribution in [2.45, 2.75) is 62.2 Å². The van der Waals surface area contributed by atoms with Gasteiger partial charge in [0, 0.05) is 23.4 Å². The summed E-state index contributed by atoms with van der Waals surface area (Å²) < 4.78 is 33.3. The van der Waals surface area contributed by atoms with E-state index < -0.39 is 38.2 Å². The Morgan fingerprint density at radius 3 is 2.39 bits per heavy atom. The molecule has 6 N–H and O–H groups in total. The summed E-state index contributed by atoms with van der Waals surface area (Å²) in [6, 6.07) is 2.64. The number of carboxylic acids is 1. The lowest BCUT2D eigenvalue weighted by Gasteiger charge is -2.16. The summed E-state index contributed by atoms with van der Waals surface area (Å²) in [6.07, 6.45) is 3.09. The number of aromatic nitrogens is 5. The van der Waals surface area contributed by atoms with Crippen LogP contribution in [0.25, 0.3) is 0 Å². The summed E-state index contributed by atoms with van der Waals surface area (Å²) in [6.45, 7) is 6.58. The van der Waals surface area contributed by atoms with Gasteiger partial charge in [-0.15, -0.1) is 22.0 Å². The molecular formula is C26H37ClFN8O9PS3. The van der Waals surface area contributed by atoms with Gasteiger partial charge in [-0.1, -0.05) is 44.1 Å². The first-order chi connectivity index (χ1) is 22.8. The van der Waals surface area contributed by atoms with E-state index in [1.807, 2.05) is 20.8 Å². The fourth-order valence-electron chi connectivity index (χ4n) is 3.73. The minimum atomic E-state index is -4.10. The van der Waals surface area contributed by atoms with Crippen LogP contribution in [-0.4, -0.2) is 83.0 Å². The van der Waals surface area contributed by atoms with Crippen molar-refractivity contribution in [3.63, 3.8) is 0 Å². The zero-order valence-electron chi connectivity index (χ0n) is 27.1. The maximum atomic E-state index is 14.3. The largest absolute Gasteiger partial charge is 0.480 e. The Hall–Kier alpha value is -3.04. The first kappa shape index (κ1) is 42.1. The van der Waals surface area contributed by atoms with Crippen LogP contribution in [0.5, 0.6) is 0 Å². The number of fused-ring (bicyclic) bond motifs is 1. The van der Waals surface area contributed by atoms with E-state index in [0.29, 0.717) is 33.6 Å². The molecule has 1 aliphatic rings. The normalized spacial score (nSPS) is 13.0. The minimum Gasteiger partial charge on any atom is -0.480 e. The van der Waals surface area contributed by atoms with Crippen LogP contribution in [0.2, 0.25) is 5.02 Å². The summed E-state index contributed by atoms with van der Waals surface area (Å²) in [5, 5.41) is 18.4. The number of rotatable bonds is 9. The Labute approximate surface area is 296 Å². The second-order valence-corrected chi connectivity index (χ2v) is 15.7. The number of carbonyl (C=O) groups is 2. The molecule has 0 fully saturated rings. The molecule has 4 rings (SSSR count).